The quantitative estimate of drug-likeness (QED) is 0.515. The third kappa shape index (κ3) is 2.77. The lowest BCUT2D eigenvalue weighted by Crippen LogP contribution is -2.29. The van der Waals surface area contributed by atoms with Gasteiger partial charge in [-0.2, -0.15) is 5.12 Å². The van der Waals surface area contributed by atoms with Gasteiger partial charge in [-0.3, -0.25) is 10.9 Å². The number of rotatable bonds is 3. The predicted octanol–water partition coefficient (Wildman–Crippen LogP) is 4.84. The standard InChI is InChI=1S/C18H16ClN5/c19-16-10-12(20)11-17-18(16)23-24(22-17)15-8-6-14(7-9-15)21-13-4-2-1-3-5-13/h1-11,21-23H,20H2. The van der Waals surface area contributed by atoms with Crippen molar-refractivity contribution in [2.75, 3.05) is 27.0 Å². The lowest BCUT2D eigenvalue weighted by atomic mass is 10.2. The maximum atomic E-state index is 6.22. The van der Waals surface area contributed by atoms with Gasteiger partial charge in [-0.15, -0.1) is 0 Å². The molecule has 5 N–H and O–H groups in total. The van der Waals surface area contributed by atoms with Crippen LogP contribution >= 0.6 is 11.6 Å². The molecule has 1 aliphatic rings. The van der Waals surface area contributed by atoms with E-state index in [2.05, 4.69) is 16.2 Å². The molecule has 1 heterocycles. The summed E-state index contributed by atoms with van der Waals surface area (Å²) in [5.41, 5.74) is 17.6. The summed E-state index contributed by atoms with van der Waals surface area (Å²) >= 11 is 6.22. The molecule has 0 bridgehead atoms. The Bertz CT molecular complexity index is 865. The van der Waals surface area contributed by atoms with Crippen molar-refractivity contribution in [2.45, 2.75) is 0 Å². The molecule has 0 amide bonds. The normalized spacial score (nSPS) is 12.3. The zero-order valence-corrected chi connectivity index (χ0v) is 13.5. The van der Waals surface area contributed by atoms with Crippen LogP contribution in [0.5, 0.6) is 0 Å². The Morgan fingerprint density at radius 1 is 0.875 bits per heavy atom. The van der Waals surface area contributed by atoms with Gasteiger partial charge in [0.25, 0.3) is 0 Å². The molecule has 0 saturated carbocycles. The summed E-state index contributed by atoms with van der Waals surface area (Å²) in [6.07, 6.45) is 0. The van der Waals surface area contributed by atoms with Crippen LogP contribution in [0, 0.1) is 0 Å². The lowest BCUT2D eigenvalue weighted by Gasteiger charge is -2.19. The van der Waals surface area contributed by atoms with E-state index in [0.717, 1.165) is 28.4 Å². The number of para-hydroxylation sites is 1. The second-order valence-electron chi connectivity index (χ2n) is 5.52. The van der Waals surface area contributed by atoms with Crippen molar-refractivity contribution in [3.63, 3.8) is 0 Å². The number of hydrogen-bond donors (Lipinski definition) is 4. The van der Waals surface area contributed by atoms with Crippen molar-refractivity contribution in [3.05, 3.63) is 71.8 Å². The highest BCUT2D eigenvalue weighted by molar-refractivity contribution is 6.34. The number of anilines is 6. The molecule has 0 radical (unpaired) electrons. The molecule has 0 spiro atoms. The van der Waals surface area contributed by atoms with Gasteiger partial charge in [-0.1, -0.05) is 29.8 Å². The molecule has 3 aromatic carbocycles. The summed E-state index contributed by atoms with van der Waals surface area (Å²) in [4.78, 5) is 0. The molecular weight excluding hydrogens is 322 g/mol. The van der Waals surface area contributed by atoms with E-state index in [1.807, 2.05) is 65.8 Å². The molecule has 3 aromatic rings. The van der Waals surface area contributed by atoms with E-state index in [-0.39, 0.29) is 0 Å². The van der Waals surface area contributed by atoms with Crippen molar-refractivity contribution < 1.29 is 0 Å². The first-order valence-electron chi connectivity index (χ1n) is 7.54. The Morgan fingerprint density at radius 3 is 2.33 bits per heavy atom. The first-order valence-corrected chi connectivity index (χ1v) is 7.91. The van der Waals surface area contributed by atoms with Crippen LogP contribution in [0.3, 0.4) is 0 Å². The van der Waals surface area contributed by atoms with Gasteiger partial charge in [-0.05, 0) is 48.5 Å². The summed E-state index contributed by atoms with van der Waals surface area (Å²) < 4.78 is 0. The lowest BCUT2D eigenvalue weighted by molar-refractivity contribution is 1.12. The Hall–Kier alpha value is -3.05. The number of fused-ring (bicyclic) bond motifs is 1. The Labute approximate surface area is 145 Å². The molecule has 0 fully saturated rings. The van der Waals surface area contributed by atoms with Gasteiger partial charge >= 0.3 is 0 Å². The van der Waals surface area contributed by atoms with Crippen LogP contribution in [-0.2, 0) is 0 Å². The van der Waals surface area contributed by atoms with Gasteiger partial charge < -0.3 is 11.1 Å². The van der Waals surface area contributed by atoms with Crippen LogP contribution in [0.1, 0.15) is 0 Å². The van der Waals surface area contributed by atoms with Crippen molar-refractivity contribution >= 4 is 45.7 Å². The van der Waals surface area contributed by atoms with Crippen molar-refractivity contribution in [3.8, 4) is 0 Å². The topological polar surface area (TPSA) is 65.3 Å². The van der Waals surface area contributed by atoms with E-state index >= 15 is 0 Å². The smallest absolute Gasteiger partial charge is 0.0999 e. The van der Waals surface area contributed by atoms with Gasteiger partial charge in [0, 0.05) is 17.1 Å². The van der Waals surface area contributed by atoms with E-state index in [1.165, 1.54) is 0 Å². The summed E-state index contributed by atoms with van der Waals surface area (Å²) in [6, 6.07) is 21.7. The van der Waals surface area contributed by atoms with E-state index < -0.39 is 0 Å². The van der Waals surface area contributed by atoms with Gasteiger partial charge in [0.05, 0.1) is 22.1 Å². The zero-order valence-electron chi connectivity index (χ0n) is 12.8. The summed E-state index contributed by atoms with van der Waals surface area (Å²) in [5.74, 6) is 0. The largest absolute Gasteiger partial charge is 0.399 e. The third-order valence-corrected chi connectivity index (χ3v) is 4.05. The highest BCUT2D eigenvalue weighted by atomic mass is 35.5. The van der Waals surface area contributed by atoms with Crippen LogP contribution in [0.15, 0.2) is 66.7 Å². The first-order chi connectivity index (χ1) is 11.7. The fraction of sp³-hybridized carbons (Fsp3) is 0. The minimum atomic E-state index is 0.586. The third-order valence-electron chi connectivity index (χ3n) is 3.76. The van der Waals surface area contributed by atoms with Crippen LogP contribution in [0.2, 0.25) is 5.02 Å². The van der Waals surface area contributed by atoms with Gasteiger partial charge in [0.15, 0.2) is 0 Å². The van der Waals surface area contributed by atoms with Crippen LogP contribution in [0.4, 0.5) is 34.1 Å². The average molecular weight is 338 g/mol. The maximum Gasteiger partial charge on any atom is 0.0999 e. The number of hydrazine groups is 2. The molecule has 1 aliphatic heterocycles. The Kier molecular flexibility index (Phi) is 3.55. The highest BCUT2D eigenvalue weighted by Crippen LogP contribution is 2.38. The molecule has 5 nitrogen and oxygen atoms in total. The second kappa shape index (κ2) is 5.86. The molecule has 24 heavy (non-hydrogen) atoms. The minimum absolute atomic E-state index is 0.586. The fourth-order valence-electron chi connectivity index (χ4n) is 2.60. The molecule has 0 aliphatic carbocycles. The number of hydrogen-bond acceptors (Lipinski definition) is 5. The number of benzene rings is 3. The summed E-state index contributed by atoms with van der Waals surface area (Å²) in [7, 11) is 0. The van der Waals surface area contributed by atoms with Crippen LogP contribution in [0.25, 0.3) is 0 Å². The van der Waals surface area contributed by atoms with Crippen molar-refractivity contribution in [2.24, 2.45) is 0 Å². The molecule has 4 rings (SSSR count). The van der Waals surface area contributed by atoms with E-state index in [9.17, 15) is 0 Å². The number of nitrogens with zero attached hydrogens (tertiary/aromatic N) is 1. The van der Waals surface area contributed by atoms with Crippen LogP contribution in [-0.4, -0.2) is 0 Å². The number of nitrogens with two attached hydrogens (primary N) is 1. The van der Waals surface area contributed by atoms with E-state index in [0.29, 0.717) is 10.7 Å². The van der Waals surface area contributed by atoms with Crippen molar-refractivity contribution in [1.82, 2.24) is 0 Å². The molecule has 0 aromatic heterocycles. The fourth-order valence-corrected chi connectivity index (χ4v) is 2.87. The Morgan fingerprint density at radius 2 is 1.58 bits per heavy atom. The highest BCUT2D eigenvalue weighted by Gasteiger charge is 2.21. The number of nitrogens with one attached hydrogen (secondary N) is 3. The number of halogens is 1. The minimum Gasteiger partial charge on any atom is -0.399 e. The monoisotopic (exact) mass is 337 g/mol. The van der Waals surface area contributed by atoms with Gasteiger partial charge in [0.1, 0.15) is 0 Å². The predicted molar refractivity (Wildman–Crippen MR) is 102 cm³/mol. The van der Waals surface area contributed by atoms with E-state index in [1.54, 1.807) is 6.07 Å². The van der Waals surface area contributed by atoms with E-state index in [4.69, 9.17) is 17.3 Å². The van der Waals surface area contributed by atoms with Crippen LogP contribution < -0.4 is 27.0 Å². The van der Waals surface area contributed by atoms with Gasteiger partial charge in [0.2, 0.25) is 0 Å². The SMILES string of the molecule is Nc1cc(Cl)c2c(c1)NN(c1ccc(Nc3ccccc3)cc1)N2. The first kappa shape index (κ1) is 14.5. The number of nitrogen functional groups attached to an aromatic ring is 1. The molecule has 120 valence electrons. The molecule has 0 saturated heterocycles. The summed E-state index contributed by atoms with van der Waals surface area (Å²) in [5, 5.41) is 5.75. The average Bonchev–Trinajstić information content (AvgIpc) is 3.01. The zero-order chi connectivity index (χ0) is 16.5. The molecule has 6 heteroatoms. The summed E-state index contributed by atoms with van der Waals surface area (Å²) in [6.45, 7) is 0. The molecular formula is C18H16ClN5. The van der Waals surface area contributed by atoms with Gasteiger partial charge in [-0.25, -0.2) is 0 Å². The molecule has 0 atom stereocenters. The molecule has 0 unspecified atom stereocenters. The Balaban J connectivity index is 1.51. The maximum absolute atomic E-state index is 6.22. The van der Waals surface area contributed by atoms with Crippen molar-refractivity contribution in [1.29, 1.82) is 0 Å². The second-order valence-corrected chi connectivity index (χ2v) is 5.93.